The van der Waals surface area contributed by atoms with Crippen molar-refractivity contribution in [2.24, 2.45) is 0 Å². The molecule has 3 aromatic rings. The number of nitrogens with zero attached hydrogens (tertiary/aromatic N) is 3. The van der Waals surface area contributed by atoms with Crippen LogP contribution in [0.3, 0.4) is 0 Å². The Morgan fingerprint density at radius 2 is 2.04 bits per heavy atom. The smallest absolute Gasteiger partial charge is 0.250 e. The van der Waals surface area contributed by atoms with Crippen LogP contribution in [0.25, 0.3) is 0 Å². The number of hydrogen-bond donors (Lipinski definition) is 1. The van der Waals surface area contributed by atoms with Gasteiger partial charge in [-0.3, -0.25) is 9.59 Å². The number of carbonyl (C=O) groups is 1. The molecular formula is C20H21ClN4O3. The van der Waals surface area contributed by atoms with Gasteiger partial charge in [0.15, 0.2) is 5.82 Å². The van der Waals surface area contributed by atoms with Crippen molar-refractivity contribution in [1.29, 1.82) is 0 Å². The van der Waals surface area contributed by atoms with E-state index in [0.717, 1.165) is 5.56 Å². The number of nitrogens with one attached hydrogen (secondary N) is 1. The molecule has 7 nitrogen and oxygen atoms in total. The van der Waals surface area contributed by atoms with Gasteiger partial charge in [0.05, 0.1) is 12.2 Å². The molecule has 0 radical (unpaired) electrons. The molecule has 0 spiro atoms. The molecular weight excluding hydrogens is 380 g/mol. The Morgan fingerprint density at radius 1 is 1.25 bits per heavy atom. The summed E-state index contributed by atoms with van der Waals surface area (Å²) in [6, 6.07) is 10.3. The largest absolute Gasteiger partial charge is 0.339 e. The van der Waals surface area contributed by atoms with Gasteiger partial charge in [-0.05, 0) is 17.7 Å². The first-order chi connectivity index (χ1) is 13.4. The third-order valence-corrected chi connectivity index (χ3v) is 4.50. The molecule has 2 aromatic heterocycles. The standard InChI is InChI=1S/C20H21ClN4O3/c1-13(2)20-23-18(28-24-20)9-8-17(26)22-15-7-10-19(27)25(12-15)11-14-5-3-4-6-16(14)21/h3-7,10,12-13H,8-9,11H2,1-2H3,(H,22,26). The van der Waals surface area contributed by atoms with Gasteiger partial charge in [0, 0.05) is 36.0 Å². The lowest BCUT2D eigenvalue weighted by Gasteiger charge is -2.10. The molecule has 1 N–H and O–H groups in total. The van der Waals surface area contributed by atoms with E-state index in [4.69, 9.17) is 16.1 Å². The summed E-state index contributed by atoms with van der Waals surface area (Å²) < 4.78 is 6.64. The molecule has 0 aliphatic carbocycles. The Kier molecular flexibility index (Phi) is 6.26. The first-order valence-electron chi connectivity index (χ1n) is 8.98. The van der Waals surface area contributed by atoms with Gasteiger partial charge >= 0.3 is 0 Å². The highest BCUT2D eigenvalue weighted by atomic mass is 35.5. The van der Waals surface area contributed by atoms with Gasteiger partial charge in [0.25, 0.3) is 5.56 Å². The van der Waals surface area contributed by atoms with Crippen LogP contribution in [-0.4, -0.2) is 20.6 Å². The Morgan fingerprint density at radius 3 is 2.75 bits per heavy atom. The predicted octanol–water partition coefficient (Wildman–Crippen LogP) is 3.63. The van der Waals surface area contributed by atoms with E-state index >= 15 is 0 Å². The molecule has 28 heavy (non-hydrogen) atoms. The molecule has 0 fully saturated rings. The molecule has 1 amide bonds. The second kappa shape index (κ2) is 8.84. The van der Waals surface area contributed by atoms with Gasteiger partial charge in [0.2, 0.25) is 11.8 Å². The molecule has 3 rings (SSSR count). The van der Waals surface area contributed by atoms with Crippen molar-refractivity contribution in [2.75, 3.05) is 5.32 Å². The Balaban J connectivity index is 1.63. The number of rotatable bonds is 7. The van der Waals surface area contributed by atoms with E-state index in [1.165, 1.54) is 10.6 Å². The van der Waals surface area contributed by atoms with E-state index in [1.807, 2.05) is 32.0 Å². The number of benzene rings is 1. The number of pyridine rings is 1. The summed E-state index contributed by atoms with van der Waals surface area (Å²) in [6.07, 6.45) is 2.15. The van der Waals surface area contributed by atoms with Crippen molar-refractivity contribution in [3.63, 3.8) is 0 Å². The minimum Gasteiger partial charge on any atom is -0.339 e. The highest BCUT2D eigenvalue weighted by Crippen LogP contribution is 2.16. The maximum Gasteiger partial charge on any atom is 0.250 e. The molecule has 0 aliphatic heterocycles. The van der Waals surface area contributed by atoms with Crippen molar-refractivity contribution in [1.82, 2.24) is 14.7 Å². The fourth-order valence-corrected chi connectivity index (χ4v) is 2.78. The third kappa shape index (κ3) is 5.07. The molecule has 1 aromatic carbocycles. The van der Waals surface area contributed by atoms with Gasteiger partial charge < -0.3 is 14.4 Å². The summed E-state index contributed by atoms with van der Waals surface area (Å²) in [5.74, 6) is 1.03. The zero-order valence-electron chi connectivity index (χ0n) is 15.7. The quantitative estimate of drug-likeness (QED) is 0.654. The lowest BCUT2D eigenvalue weighted by molar-refractivity contribution is -0.116. The molecule has 0 saturated heterocycles. The molecule has 0 unspecified atom stereocenters. The summed E-state index contributed by atoms with van der Waals surface area (Å²) in [7, 11) is 0. The van der Waals surface area contributed by atoms with Gasteiger partial charge in [-0.2, -0.15) is 4.98 Å². The van der Waals surface area contributed by atoms with Crippen LogP contribution in [0.2, 0.25) is 5.02 Å². The van der Waals surface area contributed by atoms with Gasteiger partial charge in [-0.15, -0.1) is 0 Å². The number of carbonyl (C=O) groups excluding carboxylic acids is 1. The second-order valence-electron chi connectivity index (χ2n) is 6.72. The number of amides is 1. The van der Waals surface area contributed by atoms with E-state index in [1.54, 1.807) is 18.3 Å². The van der Waals surface area contributed by atoms with Gasteiger partial charge in [-0.1, -0.05) is 48.8 Å². The Hall–Kier alpha value is -2.93. The lowest BCUT2D eigenvalue weighted by atomic mass is 10.2. The Bertz CT molecular complexity index is 1030. The molecule has 146 valence electrons. The van der Waals surface area contributed by atoms with Crippen LogP contribution in [0.4, 0.5) is 5.69 Å². The number of hydrogen-bond acceptors (Lipinski definition) is 5. The molecule has 0 saturated carbocycles. The van der Waals surface area contributed by atoms with Crippen LogP contribution >= 0.6 is 11.6 Å². The van der Waals surface area contributed by atoms with E-state index in [2.05, 4.69) is 15.5 Å². The maximum absolute atomic E-state index is 12.2. The van der Waals surface area contributed by atoms with E-state index < -0.39 is 0 Å². The van der Waals surface area contributed by atoms with Crippen LogP contribution in [0.5, 0.6) is 0 Å². The van der Waals surface area contributed by atoms with E-state index in [9.17, 15) is 9.59 Å². The number of aromatic nitrogens is 3. The zero-order chi connectivity index (χ0) is 20.1. The number of halogens is 1. The molecule has 0 bridgehead atoms. The summed E-state index contributed by atoms with van der Waals surface area (Å²) in [6.45, 7) is 4.26. The molecule has 8 heteroatoms. The lowest BCUT2D eigenvalue weighted by Crippen LogP contribution is -2.21. The average molecular weight is 401 g/mol. The minimum atomic E-state index is -0.202. The minimum absolute atomic E-state index is 0.172. The van der Waals surface area contributed by atoms with Gasteiger partial charge in [-0.25, -0.2) is 0 Å². The number of aryl methyl sites for hydroxylation is 1. The predicted molar refractivity (Wildman–Crippen MR) is 107 cm³/mol. The summed E-state index contributed by atoms with van der Waals surface area (Å²) in [5.41, 5.74) is 1.18. The SMILES string of the molecule is CC(C)c1noc(CCC(=O)Nc2ccc(=O)n(Cc3ccccc3Cl)c2)n1. The van der Waals surface area contributed by atoms with Crippen LogP contribution in [0.1, 0.15) is 43.5 Å². The highest BCUT2D eigenvalue weighted by molar-refractivity contribution is 6.31. The van der Waals surface area contributed by atoms with Crippen molar-refractivity contribution >= 4 is 23.2 Å². The van der Waals surface area contributed by atoms with E-state index in [0.29, 0.717) is 35.4 Å². The summed E-state index contributed by atoms with van der Waals surface area (Å²) in [4.78, 5) is 28.6. The third-order valence-electron chi connectivity index (χ3n) is 4.13. The maximum atomic E-state index is 12.2. The van der Waals surface area contributed by atoms with Crippen molar-refractivity contribution in [3.8, 4) is 0 Å². The van der Waals surface area contributed by atoms with Crippen LogP contribution < -0.4 is 10.9 Å². The number of anilines is 1. The molecule has 0 atom stereocenters. The molecule has 0 aliphatic rings. The van der Waals surface area contributed by atoms with Crippen LogP contribution in [0.15, 0.2) is 51.9 Å². The highest BCUT2D eigenvalue weighted by Gasteiger charge is 2.12. The van der Waals surface area contributed by atoms with Gasteiger partial charge in [0.1, 0.15) is 0 Å². The molecule has 2 heterocycles. The second-order valence-corrected chi connectivity index (χ2v) is 7.13. The first kappa shape index (κ1) is 19.8. The van der Waals surface area contributed by atoms with Crippen molar-refractivity contribution in [3.05, 3.63) is 75.3 Å². The summed E-state index contributed by atoms with van der Waals surface area (Å²) >= 11 is 6.17. The fraction of sp³-hybridized carbons (Fsp3) is 0.300. The summed E-state index contributed by atoms with van der Waals surface area (Å²) in [5, 5.41) is 7.25. The first-order valence-corrected chi connectivity index (χ1v) is 9.36. The normalized spacial score (nSPS) is 11.0. The van der Waals surface area contributed by atoms with Crippen LogP contribution in [0, 0.1) is 0 Å². The Labute approximate surface area is 167 Å². The zero-order valence-corrected chi connectivity index (χ0v) is 16.4. The average Bonchev–Trinajstić information content (AvgIpc) is 3.14. The fourth-order valence-electron chi connectivity index (χ4n) is 2.59. The van der Waals surface area contributed by atoms with Crippen molar-refractivity contribution < 1.29 is 9.32 Å². The van der Waals surface area contributed by atoms with Crippen molar-refractivity contribution in [2.45, 2.75) is 39.2 Å². The van der Waals surface area contributed by atoms with Crippen LogP contribution in [-0.2, 0) is 17.8 Å². The topological polar surface area (TPSA) is 90.0 Å². The van der Waals surface area contributed by atoms with E-state index in [-0.39, 0.29) is 23.8 Å². The monoisotopic (exact) mass is 400 g/mol.